The largest absolute Gasteiger partial charge is 0.490 e. The molecule has 0 unspecified atom stereocenters. The van der Waals surface area contributed by atoms with Gasteiger partial charge in [-0.25, -0.2) is 4.39 Å². The molecule has 1 aromatic carbocycles. The first-order valence-electron chi connectivity index (χ1n) is 6.89. The van der Waals surface area contributed by atoms with Crippen LogP contribution in [0, 0.1) is 5.82 Å². The van der Waals surface area contributed by atoms with E-state index in [-0.39, 0.29) is 31.2 Å². The number of aliphatic hydroxyl groups is 1. The molecule has 0 bridgehead atoms. The van der Waals surface area contributed by atoms with E-state index in [0.717, 1.165) is 0 Å². The van der Waals surface area contributed by atoms with Crippen molar-refractivity contribution in [2.75, 3.05) is 13.2 Å². The highest BCUT2D eigenvalue weighted by Crippen LogP contribution is 2.19. The predicted octanol–water partition coefficient (Wildman–Crippen LogP) is 2.21. The number of halogens is 1. The van der Waals surface area contributed by atoms with Gasteiger partial charge < -0.3 is 19.6 Å². The van der Waals surface area contributed by atoms with Crippen LogP contribution in [0.15, 0.2) is 47.1 Å². The topological polar surface area (TPSA) is 71.7 Å². The maximum absolute atomic E-state index is 13.3. The lowest BCUT2D eigenvalue weighted by Crippen LogP contribution is -2.38. The Morgan fingerprint density at radius 2 is 2.14 bits per heavy atom. The summed E-state index contributed by atoms with van der Waals surface area (Å²) in [6.07, 6.45) is 1.51. The van der Waals surface area contributed by atoms with Gasteiger partial charge in [-0.3, -0.25) is 4.79 Å². The summed E-state index contributed by atoms with van der Waals surface area (Å²) in [5.41, 5.74) is -1.29. The summed E-state index contributed by atoms with van der Waals surface area (Å²) in [7, 11) is 0. The first-order chi connectivity index (χ1) is 10.5. The summed E-state index contributed by atoms with van der Waals surface area (Å²) in [5.74, 6) is -0.292. The molecule has 0 aliphatic heterocycles. The van der Waals surface area contributed by atoms with Crippen LogP contribution in [0.2, 0.25) is 0 Å². The standard InChI is InChI=1S/C16H18FNO4/c1-16(20,14-7-4-9-22-14)11-18-15(19)8-10-21-13-6-3-2-5-12(13)17/h2-7,9,20H,8,10-11H2,1H3,(H,18,19)/t16-/m1/s1. The SMILES string of the molecule is C[C@@](O)(CNC(=O)CCOc1ccccc1F)c1ccco1. The molecular formula is C16H18FNO4. The van der Waals surface area contributed by atoms with Crippen LogP contribution < -0.4 is 10.1 Å². The Labute approximate surface area is 127 Å². The number of ether oxygens (including phenoxy) is 1. The number of para-hydroxylation sites is 1. The first kappa shape index (κ1) is 16.0. The van der Waals surface area contributed by atoms with Crippen LogP contribution in [0.4, 0.5) is 4.39 Å². The number of rotatable bonds is 7. The quantitative estimate of drug-likeness (QED) is 0.822. The number of benzene rings is 1. The molecule has 0 radical (unpaired) electrons. The molecular weight excluding hydrogens is 289 g/mol. The van der Waals surface area contributed by atoms with Crippen LogP contribution in [-0.4, -0.2) is 24.2 Å². The van der Waals surface area contributed by atoms with Crippen LogP contribution in [0.1, 0.15) is 19.1 Å². The number of carbonyl (C=O) groups excluding carboxylic acids is 1. The Bertz CT molecular complexity index is 610. The molecule has 22 heavy (non-hydrogen) atoms. The van der Waals surface area contributed by atoms with Gasteiger partial charge >= 0.3 is 0 Å². The minimum absolute atomic E-state index is 0.0129. The summed E-state index contributed by atoms with van der Waals surface area (Å²) in [4.78, 5) is 11.7. The van der Waals surface area contributed by atoms with Gasteiger partial charge in [0.2, 0.25) is 5.91 Å². The number of hydrogen-bond acceptors (Lipinski definition) is 4. The molecule has 118 valence electrons. The Hall–Kier alpha value is -2.34. The van der Waals surface area contributed by atoms with E-state index in [2.05, 4.69) is 5.32 Å². The highest BCUT2D eigenvalue weighted by atomic mass is 19.1. The highest BCUT2D eigenvalue weighted by molar-refractivity contribution is 5.76. The average Bonchev–Trinajstić information content (AvgIpc) is 3.02. The minimum Gasteiger partial charge on any atom is -0.490 e. The van der Waals surface area contributed by atoms with Crippen molar-refractivity contribution in [3.05, 3.63) is 54.2 Å². The molecule has 1 amide bonds. The van der Waals surface area contributed by atoms with E-state index < -0.39 is 11.4 Å². The van der Waals surface area contributed by atoms with Gasteiger partial charge in [0.1, 0.15) is 11.4 Å². The van der Waals surface area contributed by atoms with Crippen molar-refractivity contribution in [2.24, 2.45) is 0 Å². The van der Waals surface area contributed by atoms with Crippen molar-refractivity contribution in [3.63, 3.8) is 0 Å². The lowest BCUT2D eigenvalue weighted by atomic mass is 10.0. The lowest BCUT2D eigenvalue weighted by molar-refractivity contribution is -0.123. The van der Waals surface area contributed by atoms with E-state index in [1.54, 1.807) is 31.2 Å². The molecule has 0 saturated heterocycles. The maximum atomic E-state index is 13.3. The van der Waals surface area contributed by atoms with Gasteiger partial charge in [-0.2, -0.15) is 0 Å². The maximum Gasteiger partial charge on any atom is 0.223 e. The monoisotopic (exact) mass is 307 g/mol. The van der Waals surface area contributed by atoms with Gasteiger partial charge in [-0.15, -0.1) is 0 Å². The van der Waals surface area contributed by atoms with Gasteiger partial charge in [-0.1, -0.05) is 12.1 Å². The third-order valence-corrected chi connectivity index (χ3v) is 3.11. The number of nitrogens with one attached hydrogen (secondary N) is 1. The lowest BCUT2D eigenvalue weighted by Gasteiger charge is -2.21. The van der Waals surface area contributed by atoms with Gasteiger partial charge in [0.25, 0.3) is 0 Å². The summed E-state index contributed by atoms with van der Waals surface area (Å²) in [5, 5.41) is 12.8. The van der Waals surface area contributed by atoms with Crippen LogP contribution in [0.3, 0.4) is 0 Å². The zero-order valence-electron chi connectivity index (χ0n) is 12.2. The first-order valence-corrected chi connectivity index (χ1v) is 6.89. The molecule has 0 saturated carbocycles. The van der Waals surface area contributed by atoms with Crippen LogP contribution in [-0.2, 0) is 10.4 Å². The molecule has 0 aliphatic carbocycles. The smallest absolute Gasteiger partial charge is 0.223 e. The second-order valence-corrected chi connectivity index (χ2v) is 5.06. The molecule has 0 fully saturated rings. The third-order valence-electron chi connectivity index (χ3n) is 3.11. The van der Waals surface area contributed by atoms with Crippen molar-refractivity contribution >= 4 is 5.91 Å². The van der Waals surface area contributed by atoms with E-state index in [9.17, 15) is 14.3 Å². The Balaban J connectivity index is 1.73. The molecule has 2 rings (SSSR count). The summed E-state index contributed by atoms with van der Waals surface area (Å²) in [6, 6.07) is 9.29. The Kier molecular flexibility index (Phi) is 5.16. The van der Waals surface area contributed by atoms with Crippen molar-refractivity contribution in [3.8, 4) is 5.75 Å². The molecule has 1 atom stereocenters. The molecule has 1 aromatic heterocycles. The zero-order chi connectivity index (χ0) is 16.0. The van der Waals surface area contributed by atoms with E-state index in [0.29, 0.717) is 5.76 Å². The molecule has 2 N–H and O–H groups in total. The minimum atomic E-state index is -1.29. The fourth-order valence-electron chi connectivity index (χ4n) is 1.85. The van der Waals surface area contributed by atoms with Crippen LogP contribution >= 0.6 is 0 Å². The second kappa shape index (κ2) is 7.09. The number of carbonyl (C=O) groups is 1. The molecule has 1 heterocycles. The van der Waals surface area contributed by atoms with Crippen LogP contribution in [0.25, 0.3) is 0 Å². The van der Waals surface area contributed by atoms with E-state index in [1.165, 1.54) is 18.4 Å². The molecule has 6 heteroatoms. The van der Waals surface area contributed by atoms with Crippen LogP contribution in [0.5, 0.6) is 5.75 Å². The molecule has 0 spiro atoms. The number of amides is 1. The third kappa shape index (κ3) is 4.33. The van der Waals surface area contributed by atoms with Crippen molar-refractivity contribution in [2.45, 2.75) is 18.9 Å². The highest BCUT2D eigenvalue weighted by Gasteiger charge is 2.26. The van der Waals surface area contributed by atoms with E-state index in [4.69, 9.17) is 9.15 Å². The Morgan fingerprint density at radius 3 is 2.82 bits per heavy atom. The predicted molar refractivity (Wildman–Crippen MR) is 77.8 cm³/mol. The molecule has 2 aromatic rings. The van der Waals surface area contributed by atoms with Crippen molar-refractivity contribution < 1.29 is 23.4 Å². The van der Waals surface area contributed by atoms with E-state index in [1.807, 2.05) is 0 Å². The Morgan fingerprint density at radius 1 is 1.36 bits per heavy atom. The second-order valence-electron chi connectivity index (χ2n) is 5.06. The summed E-state index contributed by atoms with van der Waals surface area (Å²) >= 11 is 0. The fraction of sp³-hybridized carbons (Fsp3) is 0.312. The van der Waals surface area contributed by atoms with Gasteiger partial charge in [0, 0.05) is 0 Å². The molecule has 5 nitrogen and oxygen atoms in total. The van der Waals surface area contributed by atoms with Gasteiger partial charge in [0.05, 0.1) is 25.8 Å². The van der Waals surface area contributed by atoms with Gasteiger partial charge in [0.15, 0.2) is 11.6 Å². The molecule has 0 aliphatic rings. The zero-order valence-corrected chi connectivity index (χ0v) is 12.2. The number of furan rings is 1. The summed E-state index contributed by atoms with van der Waals surface area (Å²) in [6.45, 7) is 1.61. The normalized spacial score (nSPS) is 13.4. The van der Waals surface area contributed by atoms with Gasteiger partial charge in [-0.05, 0) is 31.2 Å². The number of hydrogen-bond donors (Lipinski definition) is 2. The summed E-state index contributed by atoms with van der Waals surface area (Å²) < 4.78 is 23.6. The van der Waals surface area contributed by atoms with Crippen molar-refractivity contribution in [1.82, 2.24) is 5.32 Å². The fourth-order valence-corrected chi connectivity index (χ4v) is 1.85. The van der Waals surface area contributed by atoms with Crippen molar-refractivity contribution in [1.29, 1.82) is 0 Å². The average molecular weight is 307 g/mol. The van der Waals surface area contributed by atoms with E-state index >= 15 is 0 Å².